The molecule has 1 heterocycles. The number of hydrogen-bond acceptors (Lipinski definition) is 2. The van der Waals surface area contributed by atoms with Gasteiger partial charge in [-0.25, -0.2) is 4.68 Å². The molecule has 4 heteroatoms. The molecule has 0 bridgehead atoms. The maximum atomic E-state index is 12.3. The summed E-state index contributed by atoms with van der Waals surface area (Å²) in [4.78, 5) is 12.3. The third-order valence-electron chi connectivity index (χ3n) is 4.23. The highest BCUT2D eigenvalue weighted by atomic mass is 16.1. The fourth-order valence-corrected chi connectivity index (χ4v) is 2.70. The lowest BCUT2D eigenvalue weighted by atomic mass is 10.1. The molecule has 4 nitrogen and oxygen atoms in total. The Balaban J connectivity index is 1.64. The Morgan fingerprint density at radius 1 is 0.960 bits per heavy atom. The van der Waals surface area contributed by atoms with E-state index in [1.54, 1.807) is 6.20 Å². The molecule has 3 rings (SSSR count). The lowest BCUT2D eigenvalue weighted by molar-refractivity contribution is -0.115. The standard InChI is InChI=1S/C21H23N3O/c1-3-17-8-10-19(11-9-17)15-24-20(12-13-22-24)23-21(25)14-18-6-4-16(2)5-7-18/h4-13H,3,14-15H2,1-2H3,(H,23,25). The van der Waals surface area contributed by atoms with Crippen molar-refractivity contribution in [2.24, 2.45) is 0 Å². The molecule has 0 aliphatic carbocycles. The molecule has 2 aromatic carbocycles. The van der Waals surface area contributed by atoms with Crippen molar-refractivity contribution < 1.29 is 4.79 Å². The van der Waals surface area contributed by atoms with Crippen LogP contribution in [0.4, 0.5) is 5.82 Å². The first kappa shape index (κ1) is 17.0. The minimum atomic E-state index is -0.0352. The molecule has 0 aliphatic heterocycles. The monoisotopic (exact) mass is 333 g/mol. The molecule has 25 heavy (non-hydrogen) atoms. The van der Waals surface area contributed by atoms with E-state index in [1.165, 1.54) is 11.1 Å². The van der Waals surface area contributed by atoms with Gasteiger partial charge in [0.1, 0.15) is 5.82 Å². The van der Waals surface area contributed by atoms with Gasteiger partial charge in [-0.2, -0.15) is 5.10 Å². The van der Waals surface area contributed by atoms with Crippen LogP contribution in [0.1, 0.15) is 29.2 Å². The molecule has 0 unspecified atom stereocenters. The Kier molecular flexibility index (Phi) is 5.29. The molecule has 0 saturated carbocycles. The van der Waals surface area contributed by atoms with Gasteiger partial charge in [-0.3, -0.25) is 4.79 Å². The van der Waals surface area contributed by atoms with Crippen LogP contribution >= 0.6 is 0 Å². The summed E-state index contributed by atoms with van der Waals surface area (Å²) in [6.07, 6.45) is 3.10. The van der Waals surface area contributed by atoms with E-state index in [4.69, 9.17) is 0 Å². The lowest BCUT2D eigenvalue weighted by Crippen LogP contribution is -2.18. The Bertz CT molecular complexity index is 832. The highest BCUT2D eigenvalue weighted by molar-refractivity contribution is 5.91. The number of nitrogens with one attached hydrogen (secondary N) is 1. The maximum absolute atomic E-state index is 12.3. The summed E-state index contributed by atoms with van der Waals surface area (Å²) in [6, 6.07) is 18.3. The van der Waals surface area contributed by atoms with Crippen molar-refractivity contribution in [2.75, 3.05) is 5.32 Å². The highest BCUT2D eigenvalue weighted by Crippen LogP contribution is 2.13. The maximum Gasteiger partial charge on any atom is 0.229 e. The Morgan fingerprint density at radius 3 is 2.28 bits per heavy atom. The van der Waals surface area contributed by atoms with Crippen molar-refractivity contribution in [2.45, 2.75) is 33.2 Å². The van der Waals surface area contributed by atoms with Crippen molar-refractivity contribution in [3.8, 4) is 0 Å². The summed E-state index contributed by atoms with van der Waals surface area (Å²) in [7, 11) is 0. The predicted octanol–water partition coefficient (Wildman–Crippen LogP) is 3.98. The molecule has 0 spiro atoms. The average molecular weight is 333 g/mol. The van der Waals surface area contributed by atoms with Crippen LogP contribution in [0, 0.1) is 6.92 Å². The summed E-state index contributed by atoms with van der Waals surface area (Å²) >= 11 is 0. The van der Waals surface area contributed by atoms with Crippen LogP contribution in [0.2, 0.25) is 0 Å². The quantitative estimate of drug-likeness (QED) is 0.741. The summed E-state index contributed by atoms with van der Waals surface area (Å²) in [6.45, 7) is 4.82. The second kappa shape index (κ2) is 7.79. The van der Waals surface area contributed by atoms with E-state index < -0.39 is 0 Å². The van der Waals surface area contributed by atoms with Crippen LogP contribution in [0.5, 0.6) is 0 Å². The molecule has 0 radical (unpaired) electrons. The number of aromatic nitrogens is 2. The molecule has 0 saturated heterocycles. The molecule has 3 aromatic rings. The third-order valence-corrected chi connectivity index (χ3v) is 4.23. The summed E-state index contributed by atoms with van der Waals surface area (Å²) in [5.74, 6) is 0.684. The number of nitrogens with zero attached hydrogens (tertiary/aromatic N) is 2. The molecule has 1 aromatic heterocycles. The number of benzene rings is 2. The Labute approximate surface area is 148 Å². The smallest absolute Gasteiger partial charge is 0.229 e. The van der Waals surface area contributed by atoms with Gasteiger partial charge < -0.3 is 5.32 Å². The summed E-state index contributed by atoms with van der Waals surface area (Å²) < 4.78 is 1.81. The first-order valence-corrected chi connectivity index (χ1v) is 8.59. The van der Waals surface area contributed by atoms with Crippen LogP contribution in [-0.2, 0) is 24.2 Å². The molecular formula is C21H23N3O. The molecule has 0 atom stereocenters. The van der Waals surface area contributed by atoms with Gasteiger partial charge in [0.2, 0.25) is 5.91 Å². The van der Waals surface area contributed by atoms with Gasteiger partial charge in [0.25, 0.3) is 0 Å². The topological polar surface area (TPSA) is 46.9 Å². The molecule has 1 N–H and O–H groups in total. The van der Waals surface area contributed by atoms with Gasteiger partial charge in [0.05, 0.1) is 19.2 Å². The largest absolute Gasteiger partial charge is 0.311 e. The summed E-state index contributed by atoms with van der Waals surface area (Å²) in [5, 5.41) is 7.29. The number of aryl methyl sites for hydroxylation is 2. The van der Waals surface area contributed by atoms with Crippen molar-refractivity contribution in [3.63, 3.8) is 0 Å². The third kappa shape index (κ3) is 4.57. The number of hydrogen-bond donors (Lipinski definition) is 1. The average Bonchev–Trinajstić information content (AvgIpc) is 3.04. The highest BCUT2D eigenvalue weighted by Gasteiger charge is 2.09. The fourth-order valence-electron chi connectivity index (χ4n) is 2.70. The minimum absolute atomic E-state index is 0.0352. The van der Waals surface area contributed by atoms with Crippen molar-refractivity contribution in [1.82, 2.24) is 9.78 Å². The summed E-state index contributed by atoms with van der Waals surface area (Å²) in [5.41, 5.74) is 4.67. The van der Waals surface area contributed by atoms with E-state index in [1.807, 2.05) is 41.9 Å². The van der Waals surface area contributed by atoms with E-state index in [0.717, 1.165) is 23.4 Å². The zero-order chi connectivity index (χ0) is 17.6. The zero-order valence-electron chi connectivity index (χ0n) is 14.7. The Morgan fingerprint density at radius 2 is 1.60 bits per heavy atom. The van der Waals surface area contributed by atoms with E-state index in [0.29, 0.717) is 13.0 Å². The van der Waals surface area contributed by atoms with Crippen LogP contribution in [0.15, 0.2) is 60.8 Å². The van der Waals surface area contributed by atoms with E-state index >= 15 is 0 Å². The van der Waals surface area contributed by atoms with Gasteiger partial charge in [0.15, 0.2) is 0 Å². The lowest BCUT2D eigenvalue weighted by Gasteiger charge is -2.10. The second-order valence-electron chi connectivity index (χ2n) is 6.25. The second-order valence-corrected chi connectivity index (χ2v) is 6.25. The van der Waals surface area contributed by atoms with Gasteiger partial charge in [0, 0.05) is 6.07 Å². The fraction of sp³-hybridized carbons (Fsp3) is 0.238. The van der Waals surface area contributed by atoms with E-state index in [2.05, 4.69) is 41.6 Å². The van der Waals surface area contributed by atoms with Crippen molar-refractivity contribution in [3.05, 3.63) is 83.0 Å². The van der Waals surface area contributed by atoms with E-state index in [9.17, 15) is 4.79 Å². The number of amides is 1. The molecule has 0 fully saturated rings. The molecule has 128 valence electrons. The van der Waals surface area contributed by atoms with Gasteiger partial charge in [-0.05, 0) is 30.0 Å². The predicted molar refractivity (Wildman–Crippen MR) is 101 cm³/mol. The SMILES string of the molecule is CCc1ccc(Cn2nccc2NC(=O)Cc2ccc(C)cc2)cc1. The van der Waals surface area contributed by atoms with Crippen LogP contribution in [-0.4, -0.2) is 15.7 Å². The zero-order valence-corrected chi connectivity index (χ0v) is 14.7. The van der Waals surface area contributed by atoms with Crippen LogP contribution in [0.3, 0.4) is 0 Å². The molecular weight excluding hydrogens is 310 g/mol. The number of carbonyl (C=O) groups excluding carboxylic acids is 1. The first-order chi connectivity index (χ1) is 12.1. The van der Waals surface area contributed by atoms with Crippen LogP contribution < -0.4 is 5.32 Å². The van der Waals surface area contributed by atoms with Crippen molar-refractivity contribution >= 4 is 11.7 Å². The van der Waals surface area contributed by atoms with E-state index in [-0.39, 0.29) is 5.91 Å². The van der Waals surface area contributed by atoms with Gasteiger partial charge in [-0.1, -0.05) is 61.0 Å². The Hall–Kier alpha value is -2.88. The van der Waals surface area contributed by atoms with Crippen LogP contribution in [0.25, 0.3) is 0 Å². The normalized spacial score (nSPS) is 10.6. The number of carbonyl (C=O) groups is 1. The number of rotatable bonds is 6. The minimum Gasteiger partial charge on any atom is -0.311 e. The molecule has 0 aliphatic rings. The van der Waals surface area contributed by atoms with Gasteiger partial charge in [-0.15, -0.1) is 0 Å². The molecule has 1 amide bonds. The number of anilines is 1. The van der Waals surface area contributed by atoms with Crippen molar-refractivity contribution in [1.29, 1.82) is 0 Å². The van der Waals surface area contributed by atoms with Gasteiger partial charge >= 0.3 is 0 Å². The first-order valence-electron chi connectivity index (χ1n) is 8.59.